The second kappa shape index (κ2) is 8.85. The lowest BCUT2D eigenvalue weighted by molar-refractivity contribution is -0.115. The van der Waals surface area contributed by atoms with Crippen molar-refractivity contribution in [3.8, 4) is 0 Å². The zero-order chi connectivity index (χ0) is 17.6. The van der Waals surface area contributed by atoms with Crippen molar-refractivity contribution in [1.82, 2.24) is 4.98 Å². The number of nitrogens with zero attached hydrogens (tertiary/aromatic N) is 1. The molecule has 3 rings (SSSR count). The van der Waals surface area contributed by atoms with Gasteiger partial charge in [0.2, 0.25) is 5.91 Å². The summed E-state index contributed by atoms with van der Waals surface area (Å²) in [6, 6.07) is 15.3. The molecule has 1 aromatic heterocycles. The van der Waals surface area contributed by atoms with Crippen LogP contribution in [-0.2, 0) is 17.0 Å². The smallest absolute Gasteiger partial charge is 0.230 e. The summed E-state index contributed by atoms with van der Waals surface area (Å²) in [5, 5.41) is 5.43. The highest BCUT2D eigenvalue weighted by atomic mass is 79.9. The molecule has 1 N–H and O–H groups in total. The van der Waals surface area contributed by atoms with Crippen molar-refractivity contribution in [2.75, 3.05) is 5.32 Å². The molecule has 7 heteroatoms. The summed E-state index contributed by atoms with van der Waals surface area (Å²) >= 11 is 12.5. The number of halogens is 2. The average Bonchev–Trinajstić information content (AvgIpc) is 3.04. The fourth-order valence-corrected chi connectivity index (χ4v) is 4.26. The Morgan fingerprint density at radius 1 is 1.16 bits per heavy atom. The van der Waals surface area contributed by atoms with Gasteiger partial charge in [-0.1, -0.05) is 51.4 Å². The van der Waals surface area contributed by atoms with E-state index in [0.717, 1.165) is 25.9 Å². The molecule has 0 fully saturated rings. The van der Waals surface area contributed by atoms with E-state index in [9.17, 15) is 4.79 Å². The standard InChI is InChI=1S/C18H14BrClN2OS2/c19-13-3-1-12(2-4-13)10-24-18-22-16(11-25-18)9-17(23)21-15-7-5-14(20)6-8-15/h1-8,11H,9-10H2,(H,21,23). The van der Waals surface area contributed by atoms with Gasteiger partial charge < -0.3 is 5.32 Å². The fourth-order valence-electron chi connectivity index (χ4n) is 2.06. The molecule has 25 heavy (non-hydrogen) atoms. The minimum Gasteiger partial charge on any atom is -0.326 e. The molecule has 0 unspecified atom stereocenters. The first kappa shape index (κ1) is 18.5. The van der Waals surface area contributed by atoms with Gasteiger partial charge in [-0.2, -0.15) is 0 Å². The van der Waals surface area contributed by atoms with Gasteiger partial charge in [-0.05, 0) is 42.0 Å². The first-order chi connectivity index (χ1) is 12.1. The van der Waals surface area contributed by atoms with E-state index in [1.54, 1.807) is 47.4 Å². The van der Waals surface area contributed by atoms with Crippen LogP contribution in [0.2, 0.25) is 5.02 Å². The van der Waals surface area contributed by atoms with E-state index in [0.29, 0.717) is 5.02 Å². The second-order valence-corrected chi connectivity index (χ2v) is 8.68. The lowest BCUT2D eigenvalue weighted by Gasteiger charge is -2.03. The first-order valence-electron chi connectivity index (χ1n) is 7.45. The van der Waals surface area contributed by atoms with Crippen molar-refractivity contribution >= 4 is 62.2 Å². The van der Waals surface area contributed by atoms with E-state index < -0.39 is 0 Å². The number of carbonyl (C=O) groups excluding carboxylic acids is 1. The zero-order valence-electron chi connectivity index (χ0n) is 13.0. The summed E-state index contributed by atoms with van der Waals surface area (Å²) in [4.78, 5) is 16.6. The molecule has 3 aromatic rings. The molecule has 0 radical (unpaired) electrons. The number of anilines is 1. The minimum absolute atomic E-state index is 0.0860. The number of aromatic nitrogens is 1. The molecule has 0 atom stereocenters. The molecule has 0 aliphatic rings. The van der Waals surface area contributed by atoms with Crippen LogP contribution < -0.4 is 5.32 Å². The maximum Gasteiger partial charge on any atom is 0.230 e. The molecule has 0 saturated carbocycles. The van der Waals surface area contributed by atoms with Gasteiger partial charge in [0.1, 0.15) is 4.34 Å². The largest absolute Gasteiger partial charge is 0.326 e. The molecule has 128 valence electrons. The van der Waals surface area contributed by atoms with Crippen LogP contribution in [0.15, 0.2) is 62.7 Å². The van der Waals surface area contributed by atoms with Gasteiger partial charge in [-0.15, -0.1) is 11.3 Å². The van der Waals surface area contributed by atoms with Gasteiger partial charge in [-0.3, -0.25) is 4.79 Å². The molecular formula is C18H14BrClN2OS2. The molecule has 0 spiro atoms. The number of hydrogen-bond donors (Lipinski definition) is 1. The van der Waals surface area contributed by atoms with E-state index in [-0.39, 0.29) is 12.3 Å². The molecule has 3 nitrogen and oxygen atoms in total. The summed E-state index contributed by atoms with van der Waals surface area (Å²) in [7, 11) is 0. The highest BCUT2D eigenvalue weighted by Gasteiger charge is 2.09. The molecule has 0 bridgehead atoms. The summed E-state index contributed by atoms with van der Waals surface area (Å²) in [6.07, 6.45) is 0.262. The van der Waals surface area contributed by atoms with Gasteiger partial charge in [0.05, 0.1) is 12.1 Å². The Morgan fingerprint density at radius 2 is 1.88 bits per heavy atom. The SMILES string of the molecule is O=C(Cc1csc(SCc2ccc(Br)cc2)n1)Nc1ccc(Cl)cc1. The Balaban J connectivity index is 1.51. The topological polar surface area (TPSA) is 42.0 Å². The molecule has 2 aromatic carbocycles. The molecule has 1 amide bonds. The number of benzene rings is 2. The van der Waals surface area contributed by atoms with Gasteiger partial charge >= 0.3 is 0 Å². The third-order valence-corrected chi connectivity index (χ3v) is 6.20. The Bertz CT molecular complexity index is 850. The number of thioether (sulfide) groups is 1. The normalized spacial score (nSPS) is 10.6. The number of carbonyl (C=O) groups is 1. The fraction of sp³-hybridized carbons (Fsp3) is 0.111. The highest BCUT2D eigenvalue weighted by Crippen LogP contribution is 2.27. The van der Waals surface area contributed by atoms with Crippen LogP contribution in [0.4, 0.5) is 5.69 Å². The van der Waals surface area contributed by atoms with Crippen molar-refractivity contribution in [2.24, 2.45) is 0 Å². The van der Waals surface area contributed by atoms with Gasteiger partial charge in [0.15, 0.2) is 0 Å². The lowest BCUT2D eigenvalue weighted by atomic mass is 10.2. The Kier molecular flexibility index (Phi) is 6.53. The Hall–Kier alpha value is -1.34. The van der Waals surface area contributed by atoms with Crippen LogP contribution in [0, 0.1) is 0 Å². The second-order valence-electron chi connectivity index (χ2n) is 5.25. The van der Waals surface area contributed by atoms with Crippen LogP contribution in [-0.4, -0.2) is 10.9 Å². The van der Waals surface area contributed by atoms with Crippen LogP contribution in [0.1, 0.15) is 11.3 Å². The Morgan fingerprint density at radius 3 is 2.60 bits per heavy atom. The quantitative estimate of drug-likeness (QED) is 0.463. The van der Waals surface area contributed by atoms with Gasteiger partial charge in [0, 0.05) is 26.3 Å². The van der Waals surface area contributed by atoms with Crippen LogP contribution in [0.25, 0.3) is 0 Å². The van der Waals surface area contributed by atoms with Crippen LogP contribution >= 0.6 is 50.6 Å². The molecule has 1 heterocycles. The van der Waals surface area contributed by atoms with E-state index >= 15 is 0 Å². The summed E-state index contributed by atoms with van der Waals surface area (Å²) in [6.45, 7) is 0. The van der Waals surface area contributed by atoms with Crippen LogP contribution in [0.3, 0.4) is 0 Å². The maximum absolute atomic E-state index is 12.1. The maximum atomic E-state index is 12.1. The number of thiazole rings is 1. The van der Waals surface area contributed by atoms with E-state index in [2.05, 4.69) is 38.4 Å². The van der Waals surface area contributed by atoms with Crippen LogP contribution in [0.5, 0.6) is 0 Å². The van der Waals surface area contributed by atoms with Gasteiger partial charge in [0.25, 0.3) is 0 Å². The molecule has 0 saturated heterocycles. The number of hydrogen-bond acceptors (Lipinski definition) is 4. The zero-order valence-corrected chi connectivity index (χ0v) is 17.0. The predicted molar refractivity (Wildman–Crippen MR) is 110 cm³/mol. The summed E-state index contributed by atoms with van der Waals surface area (Å²) in [5.41, 5.74) is 2.76. The molecular weight excluding hydrogens is 440 g/mol. The monoisotopic (exact) mass is 452 g/mol. The Labute approximate surface area is 168 Å². The minimum atomic E-state index is -0.0860. The first-order valence-corrected chi connectivity index (χ1v) is 10.5. The third kappa shape index (κ3) is 5.85. The number of rotatable bonds is 6. The average molecular weight is 454 g/mol. The number of nitrogens with one attached hydrogen (secondary N) is 1. The lowest BCUT2D eigenvalue weighted by Crippen LogP contribution is -2.14. The van der Waals surface area contributed by atoms with Crippen molar-refractivity contribution in [3.05, 3.63) is 74.7 Å². The van der Waals surface area contributed by atoms with Crippen molar-refractivity contribution in [3.63, 3.8) is 0 Å². The van der Waals surface area contributed by atoms with Crippen molar-refractivity contribution in [1.29, 1.82) is 0 Å². The molecule has 0 aliphatic carbocycles. The number of amides is 1. The van der Waals surface area contributed by atoms with E-state index in [1.165, 1.54) is 5.56 Å². The molecule has 0 aliphatic heterocycles. The van der Waals surface area contributed by atoms with Crippen molar-refractivity contribution < 1.29 is 4.79 Å². The van der Waals surface area contributed by atoms with Crippen molar-refractivity contribution in [2.45, 2.75) is 16.5 Å². The highest BCUT2D eigenvalue weighted by molar-refractivity contribution is 9.10. The van der Waals surface area contributed by atoms with Gasteiger partial charge in [-0.25, -0.2) is 4.98 Å². The van der Waals surface area contributed by atoms with E-state index in [4.69, 9.17) is 11.6 Å². The predicted octanol–water partition coefficient (Wildman–Crippen LogP) is 6.03. The summed E-state index contributed by atoms with van der Waals surface area (Å²) < 4.78 is 2.04. The van der Waals surface area contributed by atoms with E-state index in [1.807, 2.05) is 17.5 Å². The third-order valence-electron chi connectivity index (χ3n) is 3.28. The summed E-state index contributed by atoms with van der Waals surface area (Å²) in [5.74, 6) is 0.772.